The maximum atomic E-state index is 12.8. The van der Waals surface area contributed by atoms with Crippen LogP contribution in [0.1, 0.15) is 13.8 Å². The molecular weight excluding hydrogens is 245 g/mol. The van der Waals surface area contributed by atoms with Gasteiger partial charge in [-0.25, -0.2) is 4.39 Å². The smallest absolute Gasteiger partial charge is 0.249 e. The van der Waals surface area contributed by atoms with Crippen LogP contribution in [0.25, 0.3) is 0 Å². The molecule has 0 spiro atoms. The number of aromatic nitrogens is 3. The van der Waals surface area contributed by atoms with Crippen molar-refractivity contribution in [3.8, 4) is 0 Å². The van der Waals surface area contributed by atoms with E-state index in [2.05, 4.69) is 39.2 Å². The molecule has 1 aromatic heterocycles. The van der Waals surface area contributed by atoms with Gasteiger partial charge in [-0.1, -0.05) is 0 Å². The van der Waals surface area contributed by atoms with Crippen LogP contribution in [0.3, 0.4) is 0 Å². The quantitative estimate of drug-likeness (QED) is 0.896. The zero-order chi connectivity index (χ0) is 13.7. The fourth-order valence-electron chi connectivity index (χ4n) is 1.71. The van der Waals surface area contributed by atoms with E-state index in [1.807, 2.05) is 0 Å². The van der Waals surface area contributed by atoms with Crippen molar-refractivity contribution < 1.29 is 4.39 Å². The first kappa shape index (κ1) is 13.2. The molecule has 100 valence electrons. The highest BCUT2D eigenvalue weighted by Gasteiger charge is 2.06. The minimum absolute atomic E-state index is 0.276. The zero-order valence-corrected chi connectivity index (χ0v) is 11.0. The van der Waals surface area contributed by atoms with Gasteiger partial charge in [-0.15, -0.1) is 5.10 Å². The molecule has 0 unspecified atom stereocenters. The number of benzene rings is 1. The molecule has 5 nitrogen and oxygen atoms in total. The summed E-state index contributed by atoms with van der Waals surface area (Å²) >= 11 is 0. The van der Waals surface area contributed by atoms with Crippen molar-refractivity contribution >= 4 is 17.5 Å². The molecule has 0 amide bonds. The van der Waals surface area contributed by atoms with E-state index in [-0.39, 0.29) is 5.82 Å². The summed E-state index contributed by atoms with van der Waals surface area (Å²) in [6.45, 7) is 5.81. The Balaban J connectivity index is 2.17. The molecule has 2 aromatic rings. The second-order valence-corrected chi connectivity index (χ2v) is 3.94. The average molecular weight is 261 g/mol. The Labute approximate surface area is 111 Å². The molecule has 1 heterocycles. The van der Waals surface area contributed by atoms with Crippen LogP contribution < -0.4 is 10.2 Å². The van der Waals surface area contributed by atoms with Gasteiger partial charge in [0.25, 0.3) is 0 Å². The molecular formula is C13H16FN5. The van der Waals surface area contributed by atoms with Gasteiger partial charge in [0, 0.05) is 18.8 Å². The number of nitrogens with zero attached hydrogens (tertiary/aromatic N) is 4. The first-order valence-corrected chi connectivity index (χ1v) is 6.20. The first-order chi connectivity index (χ1) is 9.22. The van der Waals surface area contributed by atoms with Gasteiger partial charge in [0.15, 0.2) is 5.82 Å². The minimum Gasteiger partial charge on any atom is -0.356 e. The standard InChI is InChI=1S/C13H16FN5/c1-3-19(4-2)12-9-15-18-13(17-12)16-11-7-5-10(14)6-8-11/h5-9H,3-4H2,1-2H3,(H,16,17,18). The Bertz CT molecular complexity index is 525. The summed E-state index contributed by atoms with van der Waals surface area (Å²) in [5, 5.41) is 10.8. The third-order valence-corrected chi connectivity index (χ3v) is 2.73. The van der Waals surface area contributed by atoms with E-state index in [4.69, 9.17) is 0 Å². The molecule has 0 fully saturated rings. The highest BCUT2D eigenvalue weighted by molar-refractivity contribution is 5.54. The van der Waals surface area contributed by atoms with Gasteiger partial charge in [-0.2, -0.15) is 10.1 Å². The second-order valence-electron chi connectivity index (χ2n) is 3.94. The molecule has 19 heavy (non-hydrogen) atoms. The van der Waals surface area contributed by atoms with Gasteiger partial charge < -0.3 is 10.2 Å². The van der Waals surface area contributed by atoms with Crippen LogP contribution in [0.15, 0.2) is 30.5 Å². The van der Waals surface area contributed by atoms with Crippen LogP contribution in [0.4, 0.5) is 21.8 Å². The van der Waals surface area contributed by atoms with E-state index < -0.39 is 0 Å². The van der Waals surface area contributed by atoms with Crippen molar-refractivity contribution in [2.24, 2.45) is 0 Å². The topological polar surface area (TPSA) is 53.9 Å². The van der Waals surface area contributed by atoms with Crippen molar-refractivity contribution in [2.45, 2.75) is 13.8 Å². The summed E-state index contributed by atoms with van der Waals surface area (Å²) in [7, 11) is 0. The number of hydrogen-bond donors (Lipinski definition) is 1. The van der Waals surface area contributed by atoms with Crippen molar-refractivity contribution in [3.05, 3.63) is 36.3 Å². The van der Waals surface area contributed by atoms with Gasteiger partial charge >= 0.3 is 0 Å². The lowest BCUT2D eigenvalue weighted by molar-refractivity contribution is 0.628. The van der Waals surface area contributed by atoms with E-state index in [9.17, 15) is 4.39 Å². The van der Waals surface area contributed by atoms with Crippen LogP contribution in [-0.2, 0) is 0 Å². The van der Waals surface area contributed by atoms with E-state index in [1.54, 1.807) is 18.3 Å². The fourth-order valence-corrected chi connectivity index (χ4v) is 1.71. The molecule has 6 heteroatoms. The Morgan fingerprint density at radius 2 is 1.84 bits per heavy atom. The lowest BCUT2D eigenvalue weighted by Crippen LogP contribution is -2.23. The van der Waals surface area contributed by atoms with Crippen LogP contribution in [-0.4, -0.2) is 28.3 Å². The summed E-state index contributed by atoms with van der Waals surface area (Å²) in [6, 6.07) is 6.01. The molecule has 0 aliphatic rings. The van der Waals surface area contributed by atoms with E-state index in [1.165, 1.54) is 12.1 Å². The third-order valence-electron chi connectivity index (χ3n) is 2.73. The zero-order valence-electron chi connectivity index (χ0n) is 11.0. The van der Waals surface area contributed by atoms with Gasteiger partial charge in [-0.05, 0) is 38.1 Å². The molecule has 0 aliphatic carbocycles. The van der Waals surface area contributed by atoms with Crippen molar-refractivity contribution in [2.75, 3.05) is 23.3 Å². The van der Waals surface area contributed by atoms with Crippen molar-refractivity contribution in [1.29, 1.82) is 0 Å². The summed E-state index contributed by atoms with van der Waals surface area (Å²) in [6.07, 6.45) is 1.63. The van der Waals surface area contributed by atoms with Crippen LogP contribution in [0.2, 0.25) is 0 Å². The largest absolute Gasteiger partial charge is 0.356 e. The predicted octanol–water partition coefficient (Wildman–Crippen LogP) is 2.60. The second kappa shape index (κ2) is 6.08. The fraction of sp³-hybridized carbons (Fsp3) is 0.308. The average Bonchev–Trinajstić information content (AvgIpc) is 2.43. The number of anilines is 3. The number of nitrogens with one attached hydrogen (secondary N) is 1. The number of halogens is 1. The maximum absolute atomic E-state index is 12.8. The summed E-state index contributed by atoms with van der Waals surface area (Å²) < 4.78 is 12.8. The Morgan fingerprint density at radius 1 is 1.16 bits per heavy atom. The molecule has 1 N–H and O–H groups in total. The van der Waals surface area contributed by atoms with E-state index in [0.717, 1.165) is 24.6 Å². The molecule has 0 saturated heterocycles. The van der Waals surface area contributed by atoms with Gasteiger partial charge in [0.2, 0.25) is 5.95 Å². The molecule has 0 aliphatic heterocycles. The highest BCUT2D eigenvalue weighted by Crippen LogP contribution is 2.15. The SMILES string of the molecule is CCN(CC)c1cnnc(Nc2ccc(F)cc2)n1. The van der Waals surface area contributed by atoms with E-state index >= 15 is 0 Å². The highest BCUT2D eigenvalue weighted by atomic mass is 19.1. The maximum Gasteiger partial charge on any atom is 0.249 e. The Kier molecular flexibility index (Phi) is 4.22. The summed E-state index contributed by atoms with van der Waals surface area (Å²) in [4.78, 5) is 6.45. The van der Waals surface area contributed by atoms with Gasteiger partial charge in [0.05, 0.1) is 6.20 Å². The van der Waals surface area contributed by atoms with Crippen LogP contribution in [0, 0.1) is 5.82 Å². The number of rotatable bonds is 5. The number of hydrogen-bond acceptors (Lipinski definition) is 5. The molecule has 0 radical (unpaired) electrons. The van der Waals surface area contributed by atoms with Crippen LogP contribution in [0.5, 0.6) is 0 Å². The first-order valence-electron chi connectivity index (χ1n) is 6.20. The molecule has 1 aromatic carbocycles. The normalized spacial score (nSPS) is 10.3. The predicted molar refractivity (Wildman–Crippen MR) is 73.1 cm³/mol. The Morgan fingerprint density at radius 3 is 2.47 bits per heavy atom. The minimum atomic E-state index is -0.276. The van der Waals surface area contributed by atoms with E-state index in [0.29, 0.717) is 5.95 Å². The summed E-state index contributed by atoms with van der Waals surface area (Å²) in [5.41, 5.74) is 0.722. The molecule has 2 rings (SSSR count). The third kappa shape index (κ3) is 3.37. The molecule has 0 atom stereocenters. The van der Waals surface area contributed by atoms with Gasteiger partial charge in [0.1, 0.15) is 5.82 Å². The van der Waals surface area contributed by atoms with Gasteiger partial charge in [-0.3, -0.25) is 0 Å². The molecule has 0 saturated carbocycles. The van der Waals surface area contributed by atoms with Crippen molar-refractivity contribution in [3.63, 3.8) is 0 Å². The monoisotopic (exact) mass is 261 g/mol. The summed E-state index contributed by atoms with van der Waals surface area (Å²) in [5.74, 6) is 0.891. The Hall–Kier alpha value is -2.24. The van der Waals surface area contributed by atoms with Crippen molar-refractivity contribution in [1.82, 2.24) is 15.2 Å². The lowest BCUT2D eigenvalue weighted by Gasteiger charge is -2.19. The lowest BCUT2D eigenvalue weighted by atomic mass is 10.3. The van der Waals surface area contributed by atoms with Crippen LogP contribution >= 0.6 is 0 Å². The molecule has 0 bridgehead atoms.